The van der Waals surface area contributed by atoms with Crippen LogP contribution in [0.1, 0.15) is 31.2 Å². The van der Waals surface area contributed by atoms with Crippen LogP contribution >= 0.6 is 27.5 Å². The summed E-state index contributed by atoms with van der Waals surface area (Å²) in [6.07, 6.45) is 5.32. The van der Waals surface area contributed by atoms with Crippen LogP contribution in [-0.2, 0) is 11.4 Å². The van der Waals surface area contributed by atoms with Crippen LogP contribution in [0.3, 0.4) is 0 Å². The van der Waals surface area contributed by atoms with E-state index < -0.39 is 0 Å². The van der Waals surface area contributed by atoms with E-state index in [9.17, 15) is 0 Å². The Morgan fingerprint density at radius 1 is 1.38 bits per heavy atom. The van der Waals surface area contributed by atoms with Crippen LogP contribution in [0, 0.1) is 0 Å². The van der Waals surface area contributed by atoms with E-state index in [1.165, 1.54) is 25.7 Å². The number of rotatable bonds is 4. The van der Waals surface area contributed by atoms with Crippen molar-refractivity contribution in [2.75, 3.05) is 0 Å². The molecule has 1 N–H and O–H groups in total. The van der Waals surface area contributed by atoms with Gasteiger partial charge in [-0.15, -0.1) is 0 Å². The van der Waals surface area contributed by atoms with Gasteiger partial charge in [-0.05, 0) is 30.5 Å². The van der Waals surface area contributed by atoms with Crippen LogP contribution in [0.2, 0.25) is 5.02 Å². The summed E-state index contributed by atoms with van der Waals surface area (Å²) in [7, 11) is 0. The summed E-state index contributed by atoms with van der Waals surface area (Å²) in [4.78, 5) is 5.59. The first-order valence-corrected chi connectivity index (χ1v) is 6.75. The molecule has 0 saturated heterocycles. The number of hydrogen-bond acceptors (Lipinski definition) is 2. The lowest BCUT2D eigenvalue weighted by atomic mass is 10.2. The highest BCUT2D eigenvalue weighted by Crippen LogP contribution is 2.22. The third kappa shape index (κ3) is 3.45. The number of halogens is 2. The van der Waals surface area contributed by atoms with Gasteiger partial charge in [-0.25, -0.2) is 0 Å². The molecular weight excluding hydrogens is 289 g/mol. The van der Waals surface area contributed by atoms with Crippen LogP contribution < -0.4 is 5.48 Å². The molecule has 0 radical (unpaired) electrons. The second-order valence-electron chi connectivity index (χ2n) is 4.08. The largest absolute Gasteiger partial charge is 0.298 e. The van der Waals surface area contributed by atoms with E-state index in [1.54, 1.807) is 0 Å². The van der Waals surface area contributed by atoms with Gasteiger partial charge in [-0.2, -0.15) is 5.48 Å². The van der Waals surface area contributed by atoms with Crippen molar-refractivity contribution in [1.82, 2.24) is 5.48 Å². The summed E-state index contributed by atoms with van der Waals surface area (Å²) in [6.45, 7) is 0.703. The van der Waals surface area contributed by atoms with Gasteiger partial charge in [0.15, 0.2) is 0 Å². The van der Waals surface area contributed by atoms with E-state index in [1.807, 2.05) is 18.2 Å². The molecule has 0 aliphatic heterocycles. The monoisotopic (exact) mass is 303 g/mol. The van der Waals surface area contributed by atoms with Gasteiger partial charge in [0.2, 0.25) is 0 Å². The van der Waals surface area contributed by atoms with Gasteiger partial charge in [0.1, 0.15) is 0 Å². The molecule has 2 nitrogen and oxygen atoms in total. The number of hydroxylamine groups is 1. The third-order valence-electron chi connectivity index (χ3n) is 2.83. The lowest BCUT2D eigenvalue weighted by Crippen LogP contribution is -2.21. The first-order chi connectivity index (χ1) is 7.75. The third-order valence-corrected chi connectivity index (χ3v) is 3.80. The van der Waals surface area contributed by atoms with Crippen LogP contribution in [0.5, 0.6) is 0 Å². The normalized spacial score (nSPS) is 16.9. The Morgan fingerprint density at radius 3 is 2.81 bits per heavy atom. The van der Waals surface area contributed by atoms with Crippen molar-refractivity contribution in [1.29, 1.82) is 0 Å². The maximum absolute atomic E-state index is 5.87. The SMILES string of the molecule is Clc1ccc(CNOC2CCCC2)c(Br)c1. The summed E-state index contributed by atoms with van der Waals surface area (Å²) < 4.78 is 1.02. The molecule has 16 heavy (non-hydrogen) atoms. The smallest absolute Gasteiger partial charge is 0.0790 e. The molecule has 1 aliphatic carbocycles. The Bertz CT molecular complexity index is 353. The highest BCUT2D eigenvalue weighted by Gasteiger charge is 2.15. The number of hydrogen-bond donors (Lipinski definition) is 1. The average molecular weight is 305 g/mol. The predicted octanol–water partition coefficient (Wildman–Crippen LogP) is 4.07. The molecule has 88 valence electrons. The zero-order chi connectivity index (χ0) is 11.4. The predicted molar refractivity (Wildman–Crippen MR) is 69.3 cm³/mol. The van der Waals surface area contributed by atoms with Gasteiger partial charge in [0, 0.05) is 16.0 Å². The number of nitrogens with one attached hydrogen (secondary N) is 1. The molecule has 0 unspecified atom stereocenters. The van der Waals surface area contributed by atoms with E-state index >= 15 is 0 Å². The molecule has 1 aliphatic rings. The minimum Gasteiger partial charge on any atom is -0.298 e. The minimum absolute atomic E-state index is 0.395. The van der Waals surface area contributed by atoms with Crippen LogP contribution in [0.15, 0.2) is 22.7 Å². The van der Waals surface area contributed by atoms with Crippen molar-refractivity contribution in [2.45, 2.75) is 38.3 Å². The van der Waals surface area contributed by atoms with Crippen molar-refractivity contribution in [2.24, 2.45) is 0 Å². The molecule has 4 heteroatoms. The summed E-state index contributed by atoms with van der Waals surface area (Å²) in [5.41, 5.74) is 4.19. The zero-order valence-electron chi connectivity index (χ0n) is 9.01. The van der Waals surface area contributed by atoms with E-state index in [2.05, 4.69) is 21.4 Å². The zero-order valence-corrected chi connectivity index (χ0v) is 11.4. The van der Waals surface area contributed by atoms with Gasteiger partial charge in [0.25, 0.3) is 0 Å². The molecule has 1 aromatic carbocycles. The highest BCUT2D eigenvalue weighted by molar-refractivity contribution is 9.10. The summed E-state index contributed by atoms with van der Waals surface area (Å²) in [5.74, 6) is 0. The minimum atomic E-state index is 0.395. The molecule has 0 bridgehead atoms. The van der Waals surface area contributed by atoms with E-state index in [0.717, 1.165) is 15.1 Å². The molecule has 0 heterocycles. The maximum atomic E-state index is 5.87. The van der Waals surface area contributed by atoms with Crippen molar-refractivity contribution in [3.63, 3.8) is 0 Å². The van der Waals surface area contributed by atoms with Gasteiger partial charge in [-0.1, -0.05) is 46.4 Å². The van der Waals surface area contributed by atoms with Crippen molar-refractivity contribution < 1.29 is 4.84 Å². The Labute approximate surface area is 109 Å². The van der Waals surface area contributed by atoms with Crippen LogP contribution in [0.4, 0.5) is 0 Å². The van der Waals surface area contributed by atoms with E-state index in [-0.39, 0.29) is 0 Å². The fourth-order valence-corrected chi connectivity index (χ4v) is 2.73. The molecule has 0 aromatic heterocycles. The molecule has 1 aromatic rings. The second kappa shape index (κ2) is 6.01. The Morgan fingerprint density at radius 2 is 2.12 bits per heavy atom. The lowest BCUT2D eigenvalue weighted by molar-refractivity contribution is -0.0244. The highest BCUT2D eigenvalue weighted by atomic mass is 79.9. The van der Waals surface area contributed by atoms with Crippen molar-refractivity contribution >= 4 is 27.5 Å². The fraction of sp³-hybridized carbons (Fsp3) is 0.500. The molecule has 0 spiro atoms. The maximum Gasteiger partial charge on any atom is 0.0790 e. The second-order valence-corrected chi connectivity index (χ2v) is 5.37. The van der Waals surface area contributed by atoms with Gasteiger partial charge >= 0.3 is 0 Å². The lowest BCUT2D eigenvalue weighted by Gasteiger charge is -2.12. The topological polar surface area (TPSA) is 21.3 Å². The summed E-state index contributed by atoms with van der Waals surface area (Å²) in [6, 6.07) is 5.78. The van der Waals surface area contributed by atoms with E-state index in [0.29, 0.717) is 12.6 Å². The van der Waals surface area contributed by atoms with Gasteiger partial charge in [-0.3, -0.25) is 4.84 Å². The summed E-state index contributed by atoms with van der Waals surface area (Å²) in [5, 5.41) is 0.743. The first-order valence-electron chi connectivity index (χ1n) is 5.58. The van der Waals surface area contributed by atoms with Crippen molar-refractivity contribution in [3.05, 3.63) is 33.3 Å². The molecule has 0 atom stereocenters. The molecule has 2 rings (SSSR count). The van der Waals surface area contributed by atoms with E-state index in [4.69, 9.17) is 16.4 Å². The average Bonchev–Trinajstić information content (AvgIpc) is 2.74. The Kier molecular flexibility index (Phi) is 4.65. The molecule has 1 saturated carbocycles. The van der Waals surface area contributed by atoms with Crippen molar-refractivity contribution in [3.8, 4) is 0 Å². The standard InChI is InChI=1S/C12H15BrClNO/c13-12-7-10(14)6-5-9(12)8-15-16-11-3-1-2-4-11/h5-7,11,15H,1-4,8H2. The Hall–Kier alpha value is -0.0900. The summed E-state index contributed by atoms with van der Waals surface area (Å²) >= 11 is 9.35. The van der Waals surface area contributed by atoms with Gasteiger partial charge < -0.3 is 0 Å². The fourth-order valence-electron chi connectivity index (χ4n) is 1.91. The van der Waals surface area contributed by atoms with Crippen LogP contribution in [-0.4, -0.2) is 6.10 Å². The molecule has 0 amide bonds. The Balaban J connectivity index is 1.80. The first kappa shape index (κ1) is 12.4. The number of benzene rings is 1. The van der Waals surface area contributed by atoms with Gasteiger partial charge in [0.05, 0.1) is 6.10 Å². The molecule has 1 fully saturated rings. The molecular formula is C12H15BrClNO. The van der Waals surface area contributed by atoms with Crippen LogP contribution in [0.25, 0.3) is 0 Å². The quantitative estimate of drug-likeness (QED) is 0.847.